The SMILES string of the molecule is CC#CC(=O)N(c1ccc2[nH]c(COC)nc2n1)c1cc(C)c(I)cc1C1CC1. The molecule has 6 nitrogen and oxygen atoms in total. The quantitative estimate of drug-likeness (QED) is 0.411. The normalized spacial score (nSPS) is 13.2. The van der Waals surface area contributed by atoms with Crippen LogP contribution in [0.15, 0.2) is 24.3 Å². The number of H-pyrrole nitrogens is 1. The van der Waals surface area contributed by atoms with Gasteiger partial charge in [0.2, 0.25) is 0 Å². The molecule has 2 aromatic heterocycles. The number of nitrogens with one attached hydrogen (secondary N) is 1. The maximum absolute atomic E-state index is 13.0. The zero-order valence-electron chi connectivity index (χ0n) is 16.5. The zero-order chi connectivity index (χ0) is 20.5. The van der Waals surface area contributed by atoms with Gasteiger partial charge in [0, 0.05) is 10.7 Å². The van der Waals surface area contributed by atoms with Crippen LogP contribution in [0.3, 0.4) is 0 Å². The van der Waals surface area contributed by atoms with Gasteiger partial charge in [-0.15, -0.1) is 0 Å². The Kier molecular flexibility index (Phi) is 5.56. The Balaban J connectivity index is 1.87. The van der Waals surface area contributed by atoms with Crippen molar-refractivity contribution in [3.8, 4) is 11.8 Å². The highest BCUT2D eigenvalue weighted by atomic mass is 127. The standard InChI is InChI=1S/C22H21IN4O2/c1-4-5-21(28)27(18-10-13(2)16(23)11-15(18)14-6-7-14)20-9-8-17-22(26-20)25-19(24-17)12-29-3/h8-11,14H,6-7,12H2,1-3H3,(H,24,25,26). The molecular weight excluding hydrogens is 479 g/mol. The molecule has 1 amide bonds. The van der Waals surface area contributed by atoms with E-state index in [1.54, 1.807) is 18.9 Å². The van der Waals surface area contributed by atoms with Gasteiger partial charge in [0.15, 0.2) is 5.65 Å². The molecule has 1 saturated carbocycles. The first-order valence-corrected chi connectivity index (χ1v) is 10.5. The third kappa shape index (κ3) is 4.00. The maximum atomic E-state index is 13.0. The summed E-state index contributed by atoms with van der Waals surface area (Å²) in [7, 11) is 1.62. The average Bonchev–Trinajstić information content (AvgIpc) is 3.45. The summed E-state index contributed by atoms with van der Waals surface area (Å²) in [5.74, 6) is 6.81. The van der Waals surface area contributed by atoms with Crippen molar-refractivity contribution in [2.24, 2.45) is 0 Å². The molecule has 0 bridgehead atoms. The first kappa shape index (κ1) is 19.9. The number of aryl methyl sites for hydroxylation is 1. The van der Waals surface area contributed by atoms with Crippen LogP contribution in [0.2, 0.25) is 0 Å². The van der Waals surface area contributed by atoms with E-state index in [2.05, 4.69) is 68.4 Å². The molecule has 0 spiro atoms. The second kappa shape index (κ2) is 8.13. The van der Waals surface area contributed by atoms with Crippen molar-refractivity contribution in [2.75, 3.05) is 12.0 Å². The number of halogens is 1. The van der Waals surface area contributed by atoms with Crippen LogP contribution in [-0.2, 0) is 16.1 Å². The minimum Gasteiger partial charge on any atom is -0.377 e. The molecule has 0 aliphatic heterocycles. The molecule has 1 aromatic carbocycles. The van der Waals surface area contributed by atoms with Gasteiger partial charge in [-0.1, -0.05) is 5.92 Å². The van der Waals surface area contributed by atoms with Crippen LogP contribution in [0.5, 0.6) is 0 Å². The lowest BCUT2D eigenvalue weighted by Gasteiger charge is -2.23. The molecule has 0 radical (unpaired) electrons. The first-order valence-electron chi connectivity index (χ1n) is 9.43. The van der Waals surface area contributed by atoms with E-state index in [-0.39, 0.29) is 5.91 Å². The van der Waals surface area contributed by atoms with Gasteiger partial charge in [0.1, 0.15) is 18.2 Å². The molecule has 0 saturated heterocycles. The number of aromatic nitrogens is 3. The predicted octanol–water partition coefficient (Wildman–Crippen LogP) is 4.58. The van der Waals surface area contributed by atoms with Crippen molar-refractivity contribution in [1.82, 2.24) is 15.0 Å². The Morgan fingerprint density at radius 2 is 2.14 bits per heavy atom. The van der Waals surface area contributed by atoms with E-state index >= 15 is 0 Å². The van der Waals surface area contributed by atoms with E-state index in [9.17, 15) is 4.79 Å². The van der Waals surface area contributed by atoms with Gasteiger partial charge in [0.25, 0.3) is 0 Å². The van der Waals surface area contributed by atoms with Gasteiger partial charge in [-0.05, 0) is 96.5 Å². The molecule has 1 fully saturated rings. The highest BCUT2D eigenvalue weighted by Gasteiger charge is 2.31. The van der Waals surface area contributed by atoms with E-state index < -0.39 is 0 Å². The maximum Gasteiger partial charge on any atom is 0.308 e. The van der Waals surface area contributed by atoms with Crippen LogP contribution in [0.1, 0.15) is 42.6 Å². The van der Waals surface area contributed by atoms with Crippen molar-refractivity contribution in [3.63, 3.8) is 0 Å². The lowest BCUT2D eigenvalue weighted by molar-refractivity contribution is -0.112. The number of fused-ring (bicyclic) bond motifs is 1. The van der Waals surface area contributed by atoms with Gasteiger partial charge >= 0.3 is 5.91 Å². The predicted molar refractivity (Wildman–Crippen MR) is 121 cm³/mol. The molecule has 3 aromatic rings. The van der Waals surface area contributed by atoms with Gasteiger partial charge in [-0.3, -0.25) is 9.69 Å². The number of anilines is 2. The summed E-state index contributed by atoms with van der Waals surface area (Å²) in [5.41, 5.74) is 4.51. The average molecular weight is 500 g/mol. The Hall–Kier alpha value is -2.44. The number of aromatic amines is 1. The van der Waals surface area contributed by atoms with Crippen LogP contribution >= 0.6 is 22.6 Å². The highest BCUT2D eigenvalue weighted by Crippen LogP contribution is 2.46. The second-order valence-electron chi connectivity index (χ2n) is 7.11. The van der Waals surface area contributed by atoms with Crippen molar-refractivity contribution in [1.29, 1.82) is 0 Å². The van der Waals surface area contributed by atoms with E-state index in [0.29, 0.717) is 29.8 Å². The molecule has 1 N–H and O–H groups in total. The summed E-state index contributed by atoms with van der Waals surface area (Å²) in [5, 5.41) is 0. The minimum absolute atomic E-state index is 0.297. The number of amides is 1. The van der Waals surface area contributed by atoms with Crippen molar-refractivity contribution >= 4 is 51.2 Å². The van der Waals surface area contributed by atoms with Gasteiger partial charge in [-0.25, -0.2) is 9.97 Å². The van der Waals surface area contributed by atoms with Crippen LogP contribution in [-0.4, -0.2) is 28.0 Å². The number of nitrogens with zero attached hydrogens (tertiary/aromatic N) is 3. The van der Waals surface area contributed by atoms with E-state index in [1.807, 2.05) is 12.1 Å². The van der Waals surface area contributed by atoms with E-state index in [0.717, 1.165) is 29.6 Å². The van der Waals surface area contributed by atoms with Gasteiger partial charge in [-0.2, -0.15) is 0 Å². The number of imidazole rings is 1. The molecule has 0 unspecified atom stereocenters. The lowest BCUT2D eigenvalue weighted by atomic mass is 10.0. The largest absolute Gasteiger partial charge is 0.377 e. The number of carbonyl (C=O) groups is 1. The lowest BCUT2D eigenvalue weighted by Crippen LogP contribution is -2.26. The summed E-state index contributed by atoms with van der Waals surface area (Å²) in [6.45, 7) is 4.09. The van der Waals surface area contributed by atoms with Gasteiger partial charge < -0.3 is 9.72 Å². The summed E-state index contributed by atoms with van der Waals surface area (Å²) < 4.78 is 6.34. The topological polar surface area (TPSA) is 71.1 Å². The number of ether oxygens (including phenoxy) is 1. The number of pyridine rings is 1. The number of benzene rings is 1. The number of rotatable bonds is 5. The van der Waals surface area contributed by atoms with Crippen molar-refractivity contribution in [2.45, 2.75) is 39.2 Å². The molecular formula is C22H21IN4O2. The monoisotopic (exact) mass is 500 g/mol. The Morgan fingerprint density at radius 1 is 1.34 bits per heavy atom. The second-order valence-corrected chi connectivity index (χ2v) is 8.27. The van der Waals surface area contributed by atoms with E-state index in [1.165, 1.54) is 9.13 Å². The van der Waals surface area contributed by atoms with Crippen molar-refractivity contribution in [3.05, 3.63) is 44.8 Å². The van der Waals surface area contributed by atoms with Crippen molar-refractivity contribution < 1.29 is 9.53 Å². The number of hydrogen-bond acceptors (Lipinski definition) is 4. The first-order chi connectivity index (χ1) is 14.0. The molecule has 1 aliphatic carbocycles. The van der Waals surface area contributed by atoms with Crippen LogP contribution in [0.4, 0.5) is 11.5 Å². The summed E-state index contributed by atoms with van der Waals surface area (Å²) in [6.07, 6.45) is 2.28. The fourth-order valence-corrected chi connectivity index (χ4v) is 3.85. The fourth-order valence-electron chi connectivity index (χ4n) is 3.36. The Morgan fingerprint density at radius 3 is 2.83 bits per heavy atom. The summed E-state index contributed by atoms with van der Waals surface area (Å²) >= 11 is 2.35. The zero-order valence-corrected chi connectivity index (χ0v) is 18.7. The van der Waals surface area contributed by atoms with Crippen LogP contribution < -0.4 is 4.90 Å². The van der Waals surface area contributed by atoms with Crippen LogP contribution in [0, 0.1) is 22.3 Å². The van der Waals surface area contributed by atoms with Gasteiger partial charge in [0.05, 0.1) is 11.2 Å². The Labute approximate surface area is 183 Å². The number of hydrogen-bond donors (Lipinski definition) is 1. The summed E-state index contributed by atoms with van der Waals surface area (Å²) in [4.78, 5) is 27.0. The molecule has 4 rings (SSSR count). The molecule has 1 aliphatic rings. The third-order valence-electron chi connectivity index (χ3n) is 4.89. The molecule has 29 heavy (non-hydrogen) atoms. The third-order valence-corrected chi connectivity index (χ3v) is 6.05. The van der Waals surface area contributed by atoms with E-state index in [4.69, 9.17) is 4.74 Å². The van der Waals surface area contributed by atoms with Crippen LogP contribution in [0.25, 0.3) is 11.2 Å². The minimum atomic E-state index is -0.297. The number of carbonyl (C=O) groups excluding carboxylic acids is 1. The Bertz CT molecular complexity index is 1150. The smallest absolute Gasteiger partial charge is 0.308 e. The fraction of sp³-hybridized carbons (Fsp3) is 0.318. The molecule has 2 heterocycles. The molecule has 0 atom stereocenters. The summed E-state index contributed by atoms with van der Waals surface area (Å²) in [6, 6.07) is 7.97. The molecule has 7 heteroatoms. The highest BCUT2D eigenvalue weighted by molar-refractivity contribution is 14.1. The number of methoxy groups -OCH3 is 1. The molecule has 148 valence electrons.